The molecule has 0 radical (unpaired) electrons. The monoisotopic (exact) mass is 332 g/mol. The Morgan fingerprint density at radius 2 is 2.00 bits per heavy atom. The lowest BCUT2D eigenvalue weighted by Gasteiger charge is -2.18. The Hall–Kier alpha value is -1.64. The summed E-state index contributed by atoms with van der Waals surface area (Å²) in [5.41, 5.74) is 0.919. The highest BCUT2D eigenvalue weighted by atomic mass is 35.5. The van der Waals surface area contributed by atoms with E-state index in [2.05, 4.69) is 31.5 Å². The Morgan fingerprint density at radius 1 is 1.23 bits per heavy atom. The molecule has 22 heavy (non-hydrogen) atoms. The van der Waals surface area contributed by atoms with Crippen molar-refractivity contribution in [2.75, 3.05) is 23.7 Å². The van der Waals surface area contributed by atoms with Crippen LogP contribution >= 0.6 is 23.4 Å². The van der Waals surface area contributed by atoms with Crippen molar-refractivity contribution in [3.05, 3.63) is 29.3 Å². The highest BCUT2D eigenvalue weighted by Crippen LogP contribution is 2.31. The van der Waals surface area contributed by atoms with E-state index in [1.807, 2.05) is 31.2 Å². The van der Waals surface area contributed by atoms with E-state index >= 15 is 0 Å². The number of rotatable bonds is 4. The normalized spacial score (nSPS) is 14.0. The largest absolute Gasteiger partial charge is 0.341 e. The first kappa shape index (κ1) is 15.3. The molecule has 0 aliphatic carbocycles. The molecule has 2 heterocycles. The summed E-state index contributed by atoms with van der Waals surface area (Å²) < 4.78 is 2.05. The van der Waals surface area contributed by atoms with Gasteiger partial charge in [0.15, 0.2) is 5.16 Å². The van der Waals surface area contributed by atoms with Crippen LogP contribution < -0.4 is 4.90 Å². The van der Waals surface area contributed by atoms with Crippen LogP contribution in [0.5, 0.6) is 0 Å². The summed E-state index contributed by atoms with van der Waals surface area (Å²) in [5.74, 6) is 7.53. The molecule has 2 aromatic rings. The van der Waals surface area contributed by atoms with E-state index in [0.717, 1.165) is 29.9 Å². The molecule has 0 N–H and O–H groups in total. The summed E-state index contributed by atoms with van der Waals surface area (Å²) >= 11 is 7.98. The van der Waals surface area contributed by atoms with Crippen molar-refractivity contribution in [2.24, 2.45) is 0 Å². The van der Waals surface area contributed by atoms with Crippen LogP contribution in [0.3, 0.4) is 0 Å². The molecule has 0 amide bonds. The Morgan fingerprint density at radius 3 is 2.73 bits per heavy atom. The van der Waals surface area contributed by atoms with Crippen molar-refractivity contribution in [3.8, 4) is 17.5 Å². The van der Waals surface area contributed by atoms with Gasteiger partial charge in [-0.3, -0.25) is 4.57 Å². The molecule has 3 rings (SSSR count). The fourth-order valence-electron chi connectivity index (χ4n) is 2.49. The van der Waals surface area contributed by atoms with Gasteiger partial charge in [-0.25, -0.2) is 0 Å². The van der Waals surface area contributed by atoms with Gasteiger partial charge in [-0.05, 0) is 31.9 Å². The van der Waals surface area contributed by atoms with Crippen molar-refractivity contribution in [2.45, 2.75) is 24.9 Å². The summed E-state index contributed by atoms with van der Waals surface area (Å²) in [5, 5.41) is 10.3. The molecule has 1 aliphatic heterocycles. The van der Waals surface area contributed by atoms with Crippen LogP contribution in [0.2, 0.25) is 5.02 Å². The first-order chi connectivity index (χ1) is 10.8. The second kappa shape index (κ2) is 7.08. The molecule has 1 aromatic carbocycles. The first-order valence-electron chi connectivity index (χ1n) is 7.29. The van der Waals surface area contributed by atoms with E-state index in [9.17, 15) is 0 Å². The van der Waals surface area contributed by atoms with Crippen LogP contribution in [0.25, 0.3) is 5.69 Å². The van der Waals surface area contributed by atoms with Crippen molar-refractivity contribution in [3.63, 3.8) is 0 Å². The van der Waals surface area contributed by atoms with Gasteiger partial charge in [-0.2, -0.15) is 0 Å². The Balaban J connectivity index is 2.03. The Bertz CT molecular complexity index is 710. The zero-order valence-corrected chi connectivity index (χ0v) is 14.0. The van der Waals surface area contributed by atoms with Crippen molar-refractivity contribution in [1.82, 2.24) is 14.8 Å². The number of nitrogens with zero attached hydrogens (tertiary/aromatic N) is 4. The van der Waals surface area contributed by atoms with Crippen LogP contribution in [0.4, 0.5) is 5.95 Å². The molecule has 0 unspecified atom stereocenters. The lowest BCUT2D eigenvalue weighted by molar-refractivity contribution is 0.842. The third-order valence-electron chi connectivity index (χ3n) is 3.55. The minimum absolute atomic E-state index is 0.694. The molecule has 6 heteroatoms. The summed E-state index contributed by atoms with van der Waals surface area (Å²) in [4.78, 5) is 2.27. The number of hydrogen-bond acceptors (Lipinski definition) is 4. The molecule has 1 fully saturated rings. The maximum absolute atomic E-state index is 6.40. The molecular formula is C16H17ClN4S. The van der Waals surface area contributed by atoms with E-state index in [-0.39, 0.29) is 0 Å². The number of anilines is 1. The minimum Gasteiger partial charge on any atom is -0.341 e. The van der Waals surface area contributed by atoms with Gasteiger partial charge in [0.2, 0.25) is 5.95 Å². The fraction of sp³-hybridized carbons (Fsp3) is 0.375. The second-order valence-electron chi connectivity index (χ2n) is 4.98. The highest BCUT2D eigenvalue weighted by molar-refractivity contribution is 7.99. The number of thioether (sulfide) groups is 1. The van der Waals surface area contributed by atoms with E-state index in [0.29, 0.717) is 10.8 Å². The van der Waals surface area contributed by atoms with E-state index in [1.165, 1.54) is 12.8 Å². The topological polar surface area (TPSA) is 34.0 Å². The van der Waals surface area contributed by atoms with E-state index in [4.69, 9.17) is 11.6 Å². The van der Waals surface area contributed by atoms with Crippen LogP contribution in [-0.2, 0) is 0 Å². The average molecular weight is 333 g/mol. The van der Waals surface area contributed by atoms with E-state index in [1.54, 1.807) is 11.8 Å². The molecule has 0 spiro atoms. The smallest absolute Gasteiger partial charge is 0.232 e. The Labute approximate surface area is 139 Å². The summed E-state index contributed by atoms with van der Waals surface area (Å²) in [6.45, 7) is 3.87. The van der Waals surface area contributed by atoms with Gasteiger partial charge >= 0.3 is 0 Å². The maximum atomic E-state index is 6.40. The summed E-state index contributed by atoms with van der Waals surface area (Å²) in [6, 6.07) is 7.81. The summed E-state index contributed by atoms with van der Waals surface area (Å²) in [6.07, 6.45) is 2.39. The third-order valence-corrected chi connectivity index (χ3v) is 4.68. The van der Waals surface area contributed by atoms with Crippen molar-refractivity contribution >= 4 is 29.3 Å². The maximum Gasteiger partial charge on any atom is 0.232 e. The minimum atomic E-state index is 0.694. The molecule has 114 valence electrons. The van der Waals surface area contributed by atoms with Crippen LogP contribution in [-0.4, -0.2) is 33.6 Å². The lowest BCUT2D eigenvalue weighted by atomic mass is 10.3. The van der Waals surface area contributed by atoms with Crippen LogP contribution in [0, 0.1) is 11.8 Å². The average Bonchev–Trinajstić information content (AvgIpc) is 3.17. The molecule has 0 saturated carbocycles. The number of halogens is 1. The van der Waals surface area contributed by atoms with Gasteiger partial charge in [-0.1, -0.05) is 41.4 Å². The second-order valence-corrected chi connectivity index (χ2v) is 6.33. The first-order valence-corrected chi connectivity index (χ1v) is 8.65. The van der Waals surface area contributed by atoms with Crippen molar-refractivity contribution < 1.29 is 0 Å². The van der Waals surface area contributed by atoms with E-state index < -0.39 is 0 Å². The summed E-state index contributed by atoms with van der Waals surface area (Å²) in [7, 11) is 0. The quantitative estimate of drug-likeness (QED) is 0.632. The molecule has 4 nitrogen and oxygen atoms in total. The highest BCUT2D eigenvalue weighted by Gasteiger charge is 2.23. The molecule has 1 aromatic heterocycles. The SMILES string of the molecule is CC#CCSc1nnc(N2CCCC2)n1-c1ccccc1Cl. The number of para-hydroxylation sites is 1. The predicted octanol–water partition coefficient (Wildman–Crippen LogP) is 3.64. The van der Waals surface area contributed by atoms with Gasteiger partial charge in [0, 0.05) is 13.1 Å². The zero-order valence-electron chi connectivity index (χ0n) is 12.4. The molecule has 1 saturated heterocycles. The molecule has 0 atom stereocenters. The lowest BCUT2D eigenvalue weighted by Crippen LogP contribution is -2.22. The molecule has 0 bridgehead atoms. The number of aromatic nitrogens is 3. The molecular weight excluding hydrogens is 316 g/mol. The zero-order chi connectivity index (χ0) is 15.4. The molecule has 1 aliphatic rings. The van der Waals surface area contributed by atoms with Gasteiger partial charge in [0.05, 0.1) is 16.5 Å². The van der Waals surface area contributed by atoms with Crippen LogP contribution in [0.1, 0.15) is 19.8 Å². The van der Waals surface area contributed by atoms with Crippen molar-refractivity contribution in [1.29, 1.82) is 0 Å². The standard InChI is InChI=1S/C16H17ClN4S/c1-2-3-12-22-16-19-18-15(20-10-6-7-11-20)21(16)14-9-5-4-8-13(14)17/h4-5,8-9H,6-7,10-12H2,1H3. The predicted molar refractivity (Wildman–Crippen MR) is 92.0 cm³/mol. The van der Waals surface area contributed by atoms with Gasteiger partial charge in [-0.15, -0.1) is 16.1 Å². The van der Waals surface area contributed by atoms with Gasteiger partial charge < -0.3 is 4.90 Å². The Kier molecular flexibility index (Phi) is 4.91. The fourth-order valence-corrected chi connectivity index (χ4v) is 3.47. The number of benzene rings is 1. The third kappa shape index (κ3) is 3.08. The van der Waals surface area contributed by atoms with Crippen LogP contribution in [0.15, 0.2) is 29.4 Å². The number of hydrogen-bond donors (Lipinski definition) is 0. The van der Waals surface area contributed by atoms with Gasteiger partial charge in [0.1, 0.15) is 0 Å². The van der Waals surface area contributed by atoms with Gasteiger partial charge in [0.25, 0.3) is 0 Å².